The first-order chi connectivity index (χ1) is 18.4. The molecule has 4 atom stereocenters. The molecule has 14 nitrogen and oxygen atoms in total. The van der Waals surface area contributed by atoms with Crippen LogP contribution in [0.1, 0.15) is 31.2 Å². The van der Waals surface area contributed by atoms with Crippen molar-refractivity contribution in [2.45, 2.75) is 56.3 Å². The molecule has 4 unspecified atom stereocenters. The minimum atomic E-state index is -1.56. The third kappa shape index (κ3) is 13.5. The summed E-state index contributed by atoms with van der Waals surface area (Å²) in [6.07, 6.45) is 2.03. The molecule has 0 aliphatic carbocycles. The predicted molar refractivity (Wildman–Crippen MR) is 148 cm³/mol. The van der Waals surface area contributed by atoms with E-state index in [1.54, 1.807) is 6.26 Å². The zero-order chi connectivity index (χ0) is 29.4. The first-order valence-corrected chi connectivity index (χ1v) is 13.6. The van der Waals surface area contributed by atoms with Crippen LogP contribution in [0.5, 0.6) is 0 Å². The number of carboxylic acids is 1. The molecule has 12 N–H and O–H groups in total. The molecule has 15 heteroatoms. The highest BCUT2D eigenvalue weighted by Gasteiger charge is 2.30. The first kappa shape index (κ1) is 33.2. The molecule has 1 rings (SSSR count). The number of rotatable bonds is 18. The lowest BCUT2D eigenvalue weighted by Crippen LogP contribution is -2.57. The molecule has 0 aromatic heterocycles. The maximum atomic E-state index is 13.2. The van der Waals surface area contributed by atoms with E-state index < -0.39 is 60.2 Å². The van der Waals surface area contributed by atoms with Crippen molar-refractivity contribution >= 4 is 47.3 Å². The van der Waals surface area contributed by atoms with Crippen LogP contribution >= 0.6 is 11.8 Å². The Bertz CT molecular complexity index is 1010. The maximum Gasteiger partial charge on any atom is 0.326 e. The molecular formula is C24H38N8O6S. The molecule has 0 saturated carbocycles. The maximum absolute atomic E-state index is 13.2. The van der Waals surface area contributed by atoms with Gasteiger partial charge in [0.2, 0.25) is 23.6 Å². The van der Waals surface area contributed by atoms with E-state index in [0.29, 0.717) is 12.2 Å². The van der Waals surface area contributed by atoms with E-state index in [-0.39, 0.29) is 31.8 Å². The molecular weight excluding hydrogens is 528 g/mol. The lowest BCUT2D eigenvalue weighted by Gasteiger charge is -2.25. The van der Waals surface area contributed by atoms with Gasteiger partial charge in [0.1, 0.15) is 18.1 Å². The normalized spacial score (nSPS) is 13.7. The summed E-state index contributed by atoms with van der Waals surface area (Å²) >= 11 is 1.41. The second-order valence-electron chi connectivity index (χ2n) is 8.72. The predicted octanol–water partition coefficient (Wildman–Crippen LogP) is -2.22. The summed E-state index contributed by atoms with van der Waals surface area (Å²) < 4.78 is 0. The molecule has 0 spiro atoms. The van der Waals surface area contributed by atoms with E-state index in [1.807, 2.05) is 30.3 Å². The Morgan fingerprint density at radius 1 is 0.897 bits per heavy atom. The van der Waals surface area contributed by atoms with E-state index >= 15 is 0 Å². The molecule has 39 heavy (non-hydrogen) atoms. The zero-order valence-electron chi connectivity index (χ0n) is 21.8. The number of hydrogen-bond donors (Lipinski definition) is 8. The Morgan fingerprint density at radius 3 is 2.00 bits per heavy atom. The molecule has 1 aromatic rings. The van der Waals surface area contributed by atoms with Crippen LogP contribution in [0.25, 0.3) is 0 Å². The second kappa shape index (κ2) is 17.6. The van der Waals surface area contributed by atoms with Crippen molar-refractivity contribution in [3.8, 4) is 0 Å². The molecule has 0 bridgehead atoms. The highest BCUT2D eigenvalue weighted by molar-refractivity contribution is 7.98. The number of hydrogen-bond acceptors (Lipinski definition) is 8. The Labute approximate surface area is 231 Å². The fourth-order valence-corrected chi connectivity index (χ4v) is 3.93. The van der Waals surface area contributed by atoms with Crippen LogP contribution in [-0.4, -0.2) is 83.4 Å². The van der Waals surface area contributed by atoms with Gasteiger partial charge >= 0.3 is 5.97 Å². The van der Waals surface area contributed by atoms with Crippen LogP contribution in [-0.2, 0) is 30.4 Å². The molecule has 0 fully saturated rings. The van der Waals surface area contributed by atoms with Gasteiger partial charge in [0.15, 0.2) is 5.96 Å². The van der Waals surface area contributed by atoms with Crippen LogP contribution in [0.2, 0.25) is 0 Å². The molecule has 0 heterocycles. The highest BCUT2D eigenvalue weighted by Crippen LogP contribution is 2.07. The van der Waals surface area contributed by atoms with Crippen LogP contribution in [0.15, 0.2) is 35.3 Å². The number of amides is 4. The number of primary amides is 1. The Hall–Kier alpha value is -3.85. The number of aliphatic carboxylic acids is 1. The van der Waals surface area contributed by atoms with Crippen molar-refractivity contribution in [2.75, 3.05) is 18.6 Å². The fraction of sp³-hybridized carbons (Fsp3) is 0.500. The number of aliphatic imine (C=N–C) groups is 1. The smallest absolute Gasteiger partial charge is 0.326 e. The van der Waals surface area contributed by atoms with Gasteiger partial charge < -0.3 is 44.0 Å². The Kier molecular flexibility index (Phi) is 15.0. The van der Waals surface area contributed by atoms with Crippen molar-refractivity contribution in [3.63, 3.8) is 0 Å². The average molecular weight is 567 g/mol. The van der Waals surface area contributed by atoms with E-state index in [1.165, 1.54) is 11.8 Å². The highest BCUT2D eigenvalue weighted by atomic mass is 32.2. The van der Waals surface area contributed by atoms with E-state index in [2.05, 4.69) is 20.9 Å². The van der Waals surface area contributed by atoms with E-state index in [9.17, 15) is 29.1 Å². The lowest BCUT2D eigenvalue weighted by atomic mass is 10.0. The minimum Gasteiger partial charge on any atom is -0.480 e. The van der Waals surface area contributed by atoms with Crippen molar-refractivity contribution in [2.24, 2.45) is 27.9 Å². The molecule has 4 amide bonds. The summed E-state index contributed by atoms with van der Waals surface area (Å²) in [5.41, 5.74) is 22.7. The topological polar surface area (TPSA) is 258 Å². The number of guanidine groups is 1. The number of benzene rings is 1. The SMILES string of the molecule is CSCCC(NC(=O)C(CCCN=C(N)N)NC(=O)C(N)Cc1ccccc1)C(=O)NC(CC(N)=O)C(=O)O. The van der Waals surface area contributed by atoms with E-state index in [0.717, 1.165) is 5.56 Å². The fourth-order valence-electron chi connectivity index (χ4n) is 3.46. The monoisotopic (exact) mass is 566 g/mol. The quantitative estimate of drug-likeness (QED) is 0.0539. The number of carbonyl (C=O) groups is 5. The van der Waals surface area contributed by atoms with Crippen LogP contribution in [0.3, 0.4) is 0 Å². The second-order valence-corrected chi connectivity index (χ2v) is 9.70. The summed E-state index contributed by atoms with van der Waals surface area (Å²) in [7, 11) is 0. The molecule has 0 saturated heterocycles. The van der Waals surface area contributed by atoms with Gasteiger partial charge in [-0.15, -0.1) is 0 Å². The third-order valence-electron chi connectivity index (χ3n) is 5.48. The zero-order valence-corrected chi connectivity index (χ0v) is 22.6. The number of carboxylic acid groups (broad SMARTS) is 1. The number of carbonyl (C=O) groups excluding carboxylic acids is 4. The number of thioether (sulfide) groups is 1. The molecule has 216 valence electrons. The summed E-state index contributed by atoms with van der Waals surface area (Å²) in [6, 6.07) is 4.39. The number of nitrogens with zero attached hydrogens (tertiary/aromatic N) is 1. The molecule has 0 radical (unpaired) electrons. The lowest BCUT2D eigenvalue weighted by molar-refractivity contribution is -0.143. The third-order valence-corrected chi connectivity index (χ3v) is 6.12. The van der Waals surface area contributed by atoms with Gasteiger partial charge in [0.05, 0.1) is 12.5 Å². The van der Waals surface area contributed by atoms with Crippen molar-refractivity contribution in [1.82, 2.24) is 16.0 Å². The first-order valence-electron chi connectivity index (χ1n) is 12.2. The minimum absolute atomic E-state index is 0.123. The standard InChI is InChI=1S/C24H38N8O6S/c1-39-11-9-17(22(36)32-18(23(37)38)13-19(26)33)31-21(35)16(8-5-10-29-24(27)28)30-20(34)15(25)12-14-6-3-2-4-7-14/h2-4,6-7,15-18H,5,8-13,25H2,1H3,(H2,26,33)(H,30,34)(H,31,35)(H,32,36)(H,37,38)(H4,27,28,29). The van der Waals surface area contributed by atoms with Gasteiger partial charge in [-0.05, 0) is 43.3 Å². The summed E-state index contributed by atoms with van der Waals surface area (Å²) in [5.74, 6) is -4.09. The number of nitrogens with one attached hydrogen (secondary N) is 3. The summed E-state index contributed by atoms with van der Waals surface area (Å²) in [5, 5.41) is 16.8. The molecule has 0 aliphatic rings. The van der Waals surface area contributed by atoms with Gasteiger partial charge in [-0.2, -0.15) is 11.8 Å². The summed E-state index contributed by atoms with van der Waals surface area (Å²) in [4.78, 5) is 65.5. The van der Waals surface area contributed by atoms with E-state index in [4.69, 9.17) is 22.9 Å². The van der Waals surface area contributed by atoms with Gasteiger partial charge in [0, 0.05) is 6.54 Å². The van der Waals surface area contributed by atoms with Crippen molar-refractivity contribution in [1.29, 1.82) is 0 Å². The molecule has 1 aromatic carbocycles. The van der Waals surface area contributed by atoms with Gasteiger partial charge in [-0.3, -0.25) is 24.2 Å². The van der Waals surface area contributed by atoms with Gasteiger partial charge in [-0.1, -0.05) is 30.3 Å². The van der Waals surface area contributed by atoms with Crippen molar-refractivity contribution in [3.05, 3.63) is 35.9 Å². The average Bonchev–Trinajstić information content (AvgIpc) is 2.87. The van der Waals surface area contributed by atoms with Crippen molar-refractivity contribution < 1.29 is 29.1 Å². The van der Waals surface area contributed by atoms with Crippen LogP contribution in [0, 0.1) is 0 Å². The van der Waals surface area contributed by atoms with Gasteiger partial charge in [0.25, 0.3) is 0 Å². The van der Waals surface area contributed by atoms with Crippen LogP contribution in [0.4, 0.5) is 0 Å². The number of nitrogens with two attached hydrogens (primary N) is 4. The Morgan fingerprint density at radius 2 is 1.46 bits per heavy atom. The largest absolute Gasteiger partial charge is 0.480 e. The van der Waals surface area contributed by atoms with Crippen LogP contribution < -0.4 is 38.9 Å². The molecule has 0 aliphatic heterocycles. The van der Waals surface area contributed by atoms with Gasteiger partial charge in [-0.25, -0.2) is 4.79 Å². The Balaban J connectivity index is 3.02. The summed E-state index contributed by atoms with van der Waals surface area (Å²) in [6.45, 7) is 0.196.